The number of nitrogens with two attached hydrogens (primary N) is 1. The highest BCUT2D eigenvalue weighted by molar-refractivity contribution is 9.09. The third-order valence-electron chi connectivity index (χ3n) is 1.47. The summed E-state index contributed by atoms with van der Waals surface area (Å²) in [5, 5.41) is 0.685. The lowest BCUT2D eigenvalue weighted by atomic mass is 10.1. The molecule has 2 N–H and O–H groups in total. The number of alkyl halides is 1. The van der Waals surface area contributed by atoms with Crippen LogP contribution in [0.1, 0.15) is 11.1 Å². The van der Waals surface area contributed by atoms with Crippen molar-refractivity contribution in [3.8, 4) is 11.8 Å². The van der Waals surface area contributed by atoms with Gasteiger partial charge in [0.05, 0.1) is 5.33 Å². The Morgan fingerprint density at radius 2 is 2.00 bits per heavy atom. The molecule has 1 rings (SSSR count). The van der Waals surface area contributed by atoms with E-state index < -0.39 is 0 Å². The fraction of sp³-hybridized carbons (Fsp3) is 0.100. The van der Waals surface area contributed by atoms with Crippen molar-refractivity contribution in [2.45, 2.75) is 0 Å². The Bertz CT molecular complexity index is 359. The second-order valence-electron chi connectivity index (χ2n) is 2.38. The van der Waals surface area contributed by atoms with Gasteiger partial charge in [-0.2, -0.15) is 0 Å². The van der Waals surface area contributed by atoms with E-state index in [1.807, 2.05) is 24.3 Å². The first-order valence-electron chi connectivity index (χ1n) is 3.68. The van der Waals surface area contributed by atoms with Crippen molar-refractivity contribution < 1.29 is 0 Å². The van der Waals surface area contributed by atoms with Crippen LogP contribution < -0.4 is 5.73 Å². The molecule has 13 heavy (non-hydrogen) atoms. The van der Waals surface area contributed by atoms with Crippen LogP contribution in [0, 0.1) is 11.8 Å². The molecule has 0 bridgehead atoms. The summed E-state index contributed by atoms with van der Waals surface area (Å²) in [6.45, 7) is 0. The molecule has 0 aliphatic carbocycles. The summed E-state index contributed by atoms with van der Waals surface area (Å²) in [5.41, 5.74) is 7.30. The third kappa shape index (κ3) is 3.17. The standard InChI is InChI=1S/C10H8BrNS/c11-7-1-2-8-3-5-9(6-4-8)10(12)13/h3-6H,7H2,(H2,12,13). The van der Waals surface area contributed by atoms with Gasteiger partial charge >= 0.3 is 0 Å². The van der Waals surface area contributed by atoms with E-state index in [4.69, 9.17) is 18.0 Å². The maximum absolute atomic E-state index is 5.45. The Morgan fingerprint density at radius 3 is 2.46 bits per heavy atom. The summed E-state index contributed by atoms with van der Waals surface area (Å²) in [5.74, 6) is 5.90. The third-order valence-corrected chi connectivity index (χ3v) is 1.99. The summed E-state index contributed by atoms with van der Waals surface area (Å²) >= 11 is 8.06. The van der Waals surface area contributed by atoms with Gasteiger partial charge in [-0.05, 0) is 12.1 Å². The highest BCUT2D eigenvalue weighted by atomic mass is 79.9. The summed E-state index contributed by atoms with van der Waals surface area (Å²) in [7, 11) is 0. The van der Waals surface area contributed by atoms with Crippen molar-refractivity contribution >= 4 is 33.1 Å². The van der Waals surface area contributed by atoms with Crippen molar-refractivity contribution in [2.75, 3.05) is 5.33 Å². The summed E-state index contributed by atoms with van der Waals surface area (Å²) in [6.07, 6.45) is 0. The average Bonchev–Trinajstić information content (AvgIpc) is 2.15. The Kier molecular flexibility index (Phi) is 3.94. The molecule has 1 nitrogen and oxygen atoms in total. The van der Waals surface area contributed by atoms with Crippen LogP contribution in [0.4, 0.5) is 0 Å². The van der Waals surface area contributed by atoms with Gasteiger partial charge in [-0.15, -0.1) is 0 Å². The van der Waals surface area contributed by atoms with E-state index in [1.54, 1.807) is 0 Å². The van der Waals surface area contributed by atoms with Gasteiger partial charge in [0.25, 0.3) is 0 Å². The quantitative estimate of drug-likeness (QED) is 0.471. The second kappa shape index (κ2) is 5.00. The normalized spacial score (nSPS) is 8.69. The van der Waals surface area contributed by atoms with Crippen molar-refractivity contribution in [1.82, 2.24) is 0 Å². The SMILES string of the molecule is NC(=S)c1ccc(C#CCBr)cc1. The molecular formula is C10H8BrNS. The number of rotatable bonds is 1. The van der Waals surface area contributed by atoms with Crippen molar-refractivity contribution in [3.05, 3.63) is 35.4 Å². The maximum atomic E-state index is 5.45. The Labute approximate surface area is 91.5 Å². The van der Waals surface area contributed by atoms with Gasteiger partial charge in [-0.3, -0.25) is 0 Å². The van der Waals surface area contributed by atoms with Crippen molar-refractivity contribution in [3.63, 3.8) is 0 Å². The molecule has 0 atom stereocenters. The molecule has 0 radical (unpaired) electrons. The highest BCUT2D eigenvalue weighted by Crippen LogP contribution is 2.02. The van der Waals surface area contributed by atoms with E-state index >= 15 is 0 Å². The van der Waals surface area contributed by atoms with E-state index in [2.05, 4.69) is 27.8 Å². The largest absolute Gasteiger partial charge is 0.389 e. The molecule has 0 amide bonds. The average molecular weight is 254 g/mol. The van der Waals surface area contributed by atoms with Crippen LogP contribution in [-0.4, -0.2) is 10.3 Å². The Morgan fingerprint density at radius 1 is 1.38 bits per heavy atom. The minimum Gasteiger partial charge on any atom is -0.389 e. The van der Waals surface area contributed by atoms with E-state index in [0.29, 0.717) is 10.3 Å². The predicted molar refractivity (Wildman–Crippen MR) is 63.0 cm³/mol. The lowest BCUT2D eigenvalue weighted by Crippen LogP contribution is -2.08. The molecule has 1 aromatic rings. The van der Waals surface area contributed by atoms with Gasteiger partial charge in [-0.25, -0.2) is 0 Å². The van der Waals surface area contributed by atoms with Crippen LogP contribution in [0.15, 0.2) is 24.3 Å². The Hall–Kier alpha value is -0.850. The fourth-order valence-electron chi connectivity index (χ4n) is 0.853. The van der Waals surface area contributed by atoms with E-state index in [9.17, 15) is 0 Å². The molecule has 66 valence electrons. The molecule has 3 heteroatoms. The van der Waals surface area contributed by atoms with Crippen LogP contribution in [0.2, 0.25) is 0 Å². The minimum absolute atomic E-state index is 0.417. The van der Waals surface area contributed by atoms with Gasteiger partial charge in [0.2, 0.25) is 0 Å². The van der Waals surface area contributed by atoms with Gasteiger partial charge in [0.15, 0.2) is 0 Å². The smallest absolute Gasteiger partial charge is 0.103 e. The van der Waals surface area contributed by atoms with Crippen LogP contribution in [0.25, 0.3) is 0 Å². The highest BCUT2D eigenvalue weighted by Gasteiger charge is 1.93. The molecule has 1 aromatic carbocycles. The number of benzene rings is 1. The molecule has 0 spiro atoms. The molecule has 0 aliphatic rings. The van der Waals surface area contributed by atoms with Gasteiger partial charge in [0, 0.05) is 11.1 Å². The van der Waals surface area contributed by atoms with E-state index in [-0.39, 0.29) is 0 Å². The molecule has 0 saturated heterocycles. The van der Waals surface area contributed by atoms with Crippen molar-refractivity contribution in [2.24, 2.45) is 5.73 Å². The van der Waals surface area contributed by atoms with Gasteiger partial charge in [0.1, 0.15) is 4.99 Å². The van der Waals surface area contributed by atoms with Gasteiger partial charge < -0.3 is 5.73 Å². The number of halogens is 1. The molecule has 0 saturated carbocycles. The van der Waals surface area contributed by atoms with Gasteiger partial charge in [-0.1, -0.05) is 52.1 Å². The van der Waals surface area contributed by atoms with Crippen LogP contribution in [0.5, 0.6) is 0 Å². The molecular weight excluding hydrogens is 246 g/mol. The van der Waals surface area contributed by atoms with E-state index in [0.717, 1.165) is 11.1 Å². The first-order chi connectivity index (χ1) is 6.24. The molecule has 0 unspecified atom stereocenters. The number of thiocarbonyl (C=S) groups is 1. The van der Waals surface area contributed by atoms with Crippen LogP contribution in [-0.2, 0) is 0 Å². The topological polar surface area (TPSA) is 26.0 Å². The monoisotopic (exact) mass is 253 g/mol. The zero-order valence-electron chi connectivity index (χ0n) is 6.88. The molecule has 0 heterocycles. The minimum atomic E-state index is 0.417. The summed E-state index contributed by atoms with van der Waals surface area (Å²) in [6, 6.07) is 7.56. The molecule has 0 aromatic heterocycles. The maximum Gasteiger partial charge on any atom is 0.103 e. The van der Waals surface area contributed by atoms with Crippen molar-refractivity contribution in [1.29, 1.82) is 0 Å². The fourth-order valence-corrected chi connectivity index (χ4v) is 1.13. The first kappa shape index (κ1) is 10.2. The lowest BCUT2D eigenvalue weighted by molar-refractivity contribution is 1.59. The zero-order chi connectivity index (χ0) is 9.68. The second-order valence-corrected chi connectivity index (χ2v) is 3.38. The predicted octanol–water partition coefficient (Wildman–Crippen LogP) is 2.07. The molecule has 0 fully saturated rings. The summed E-state index contributed by atoms with van der Waals surface area (Å²) in [4.78, 5) is 0.417. The van der Waals surface area contributed by atoms with Crippen LogP contribution in [0.3, 0.4) is 0 Å². The lowest BCUT2D eigenvalue weighted by Gasteiger charge is -1.96. The zero-order valence-corrected chi connectivity index (χ0v) is 9.28. The summed E-state index contributed by atoms with van der Waals surface area (Å²) < 4.78 is 0. The number of hydrogen-bond donors (Lipinski definition) is 1. The van der Waals surface area contributed by atoms with E-state index in [1.165, 1.54) is 0 Å². The number of hydrogen-bond acceptors (Lipinski definition) is 1. The Balaban J connectivity index is 2.87. The van der Waals surface area contributed by atoms with Crippen LogP contribution >= 0.6 is 28.1 Å². The first-order valence-corrected chi connectivity index (χ1v) is 5.21. The molecule has 0 aliphatic heterocycles.